The minimum Gasteiger partial charge on any atom is -0.481 e. The molecule has 0 heterocycles. The second-order valence-corrected chi connectivity index (χ2v) is 4.44. The second kappa shape index (κ2) is 4.45. The van der Waals surface area contributed by atoms with Gasteiger partial charge in [-0.2, -0.15) is 5.26 Å². The van der Waals surface area contributed by atoms with Gasteiger partial charge in [-0.1, -0.05) is 13.8 Å². The number of hydrogen-bond donors (Lipinski definition) is 1. The molecule has 0 bridgehead atoms. The molecular formula is C11H17NO2. The Balaban J connectivity index is 2.71. The molecule has 0 aromatic rings. The van der Waals surface area contributed by atoms with Crippen LogP contribution in [0.5, 0.6) is 0 Å². The molecule has 4 unspecified atom stereocenters. The monoisotopic (exact) mass is 195 g/mol. The summed E-state index contributed by atoms with van der Waals surface area (Å²) in [5.41, 5.74) is 0. The number of nitrogens with zero attached hydrogens (tertiary/aromatic N) is 1. The summed E-state index contributed by atoms with van der Waals surface area (Å²) in [7, 11) is 0. The second-order valence-electron chi connectivity index (χ2n) is 4.44. The highest BCUT2D eigenvalue weighted by molar-refractivity contribution is 5.70. The van der Waals surface area contributed by atoms with Crippen molar-refractivity contribution in [2.24, 2.45) is 23.7 Å². The maximum Gasteiger partial charge on any atom is 0.306 e. The molecule has 3 nitrogen and oxygen atoms in total. The van der Waals surface area contributed by atoms with E-state index in [9.17, 15) is 4.79 Å². The molecule has 1 fully saturated rings. The van der Waals surface area contributed by atoms with E-state index in [-0.39, 0.29) is 17.8 Å². The minimum absolute atomic E-state index is 0.0428. The summed E-state index contributed by atoms with van der Waals surface area (Å²) in [6.07, 6.45) is 2.80. The van der Waals surface area contributed by atoms with Crippen LogP contribution < -0.4 is 0 Å². The summed E-state index contributed by atoms with van der Waals surface area (Å²) in [5.74, 6) is -0.614. The molecule has 1 saturated carbocycles. The van der Waals surface area contributed by atoms with Gasteiger partial charge in [0, 0.05) is 5.92 Å². The van der Waals surface area contributed by atoms with Crippen LogP contribution in [0.2, 0.25) is 0 Å². The predicted octanol–water partition coefficient (Wildman–Crippen LogP) is 2.28. The SMILES string of the molecule is CC1CCC(C#N)C(C(C)C(=O)O)C1. The molecule has 1 rings (SSSR count). The number of carboxylic acid groups (broad SMARTS) is 1. The molecule has 3 heteroatoms. The van der Waals surface area contributed by atoms with Gasteiger partial charge in [0.05, 0.1) is 12.0 Å². The number of aliphatic carboxylic acids is 1. The lowest BCUT2D eigenvalue weighted by atomic mass is 9.70. The van der Waals surface area contributed by atoms with Crippen LogP contribution in [0.4, 0.5) is 0 Å². The smallest absolute Gasteiger partial charge is 0.306 e. The number of hydrogen-bond acceptors (Lipinski definition) is 2. The first-order valence-corrected chi connectivity index (χ1v) is 5.18. The molecule has 0 aliphatic heterocycles. The summed E-state index contributed by atoms with van der Waals surface area (Å²) in [6, 6.07) is 2.25. The van der Waals surface area contributed by atoms with Crippen LogP contribution in [-0.4, -0.2) is 11.1 Å². The van der Waals surface area contributed by atoms with Crippen molar-refractivity contribution < 1.29 is 9.90 Å². The van der Waals surface area contributed by atoms with Gasteiger partial charge in [0.25, 0.3) is 0 Å². The third kappa shape index (κ3) is 2.25. The number of carbonyl (C=O) groups is 1. The van der Waals surface area contributed by atoms with E-state index in [1.54, 1.807) is 6.92 Å². The van der Waals surface area contributed by atoms with Gasteiger partial charge in [-0.3, -0.25) is 4.79 Å². The highest BCUT2D eigenvalue weighted by Gasteiger charge is 2.35. The Hall–Kier alpha value is -1.04. The average Bonchev–Trinajstić information content (AvgIpc) is 2.16. The predicted molar refractivity (Wildman–Crippen MR) is 52.4 cm³/mol. The molecule has 1 N–H and O–H groups in total. The zero-order chi connectivity index (χ0) is 10.7. The maximum atomic E-state index is 10.9. The molecule has 1 aliphatic carbocycles. The van der Waals surface area contributed by atoms with Crippen molar-refractivity contribution in [2.75, 3.05) is 0 Å². The van der Waals surface area contributed by atoms with Crippen LogP contribution in [0, 0.1) is 35.0 Å². The zero-order valence-electron chi connectivity index (χ0n) is 8.73. The fourth-order valence-electron chi connectivity index (χ4n) is 2.32. The molecule has 14 heavy (non-hydrogen) atoms. The van der Waals surface area contributed by atoms with Gasteiger partial charge >= 0.3 is 5.97 Å². The molecule has 0 amide bonds. The highest BCUT2D eigenvalue weighted by Crippen LogP contribution is 2.37. The first-order chi connectivity index (χ1) is 6.56. The van der Waals surface area contributed by atoms with E-state index in [0.717, 1.165) is 19.3 Å². The molecule has 0 spiro atoms. The Bertz CT molecular complexity index is 257. The molecule has 0 aromatic carbocycles. The van der Waals surface area contributed by atoms with Crippen molar-refractivity contribution in [3.05, 3.63) is 0 Å². The molecular weight excluding hydrogens is 178 g/mol. The van der Waals surface area contributed by atoms with Gasteiger partial charge in [-0.05, 0) is 31.1 Å². The van der Waals surface area contributed by atoms with Gasteiger partial charge in [0.15, 0.2) is 0 Å². The Kier molecular flexibility index (Phi) is 3.51. The molecule has 4 atom stereocenters. The quantitative estimate of drug-likeness (QED) is 0.735. The van der Waals surface area contributed by atoms with Crippen LogP contribution in [0.25, 0.3) is 0 Å². The van der Waals surface area contributed by atoms with E-state index < -0.39 is 5.97 Å². The van der Waals surface area contributed by atoms with E-state index >= 15 is 0 Å². The topological polar surface area (TPSA) is 61.1 Å². The van der Waals surface area contributed by atoms with Crippen LogP contribution in [0.1, 0.15) is 33.1 Å². The van der Waals surface area contributed by atoms with Crippen LogP contribution in [-0.2, 0) is 4.79 Å². The summed E-state index contributed by atoms with van der Waals surface area (Å²) in [5, 5.41) is 17.9. The van der Waals surface area contributed by atoms with E-state index in [0.29, 0.717) is 5.92 Å². The van der Waals surface area contributed by atoms with E-state index in [4.69, 9.17) is 10.4 Å². The summed E-state index contributed by atoms with van der Waals surface area (Å²) < 4.78 is 0. The Morgan fingerprint density at radius 3 is 2.71 bits per heavy atom. The number of nitriles is 1. The zero-order valence-corrected chi connectivity index (χ0v) is 8.73. The van der Waals surface area contributed by atoms with E-state index in [1.807, 2.05) is 0 Å². The van der Waals surface area contributed by atoms with Crippen molar-refractivity contribution in [1.29, 1.82) is 5.26 Å². The molecule has 0 saturated heterocycles. The third-order valence-electron chi connectivity index (χ3n) is 3.36. The van der Waals surface area contributed by atoms with Crippen LogP contribution in [0.3, 0.4) is 0 Å². The maximum absolute atomic E-state index is 10.9. The molecule has 78 valence electrons. The first kappa shape index (κ1) is 11.0. The lowest BCUT2D eigenvalue weighted by Crippen LogP contribution is -2.31. The lowest BCUT2D eigenvalue weighted by Gasteiger charge is -2.33. The summed E-state index contributed by atoms with van der Waals surface area (Å²) in [6.45, 7) is 3.85. The fourth-order valence-corrected chi connectivity index (χ4v) is 2.32. The first-order valence-electron chi connectivity index (χ1n) is 5.18. The van der Waals surface area contributed by atoms with Crippen molar-refractivity contribution in [1.82, 2.24) is 0 Å². The van der Waals surface area contributed by atoms with Crippen molar-refractivity contribution in [2.45, 2.75) is 33.1 Å². The standard InChI is InChI=1S/C11H17NO2/c1-7-3-4-9(6-12)10(5-7)8(2)11(13)14/h7-10H,3-5H2,1-2H3,(H,13,14). The van der Waals surface area contributed by atoms with Crippen molar-refractivity contribution in [3.8, 4) is 6.07 Å². The third-order valence-corrected chi connectivity index (χ3v) is 3.36. The number of rotatable bonds is 2. The summed E-state index contributed by atoms with van der Waals surface area (Å²) >= 11 is 0. The van der Waals surface area contributed by atoms with E-state index in [2.05, 4.69) is 13.0 Å². The van der Waals surface area contributed by atoms with Gasteiger partial charge in [-0.25, -0.2) is 0 Å². The van der Waals surface area contributed by atoms with E-state index in [1.165, 1.54) is 0 Å². The number of carboxylic acids is 1. The Morgan fingerprint density at radius 2 is 2.21 bits per heavy atom. The van der Waals surface area contributed by atoms with Crippen LogP contribution >= 0.6 is 0 Å². The van der Waals surface area contributed by atoms with Gasteiger partial charge in [0.1, 0.15) is 0 Å². The molecule has 0 radical (unpaired) electrons. The molecule has 0 aromatic heterocycles. The van der Waals surface area contributed by atoms with Crippen LogP contribution in [0.15, 0.2) is 0 Å². The van der Waals surface area contributed by atoms with Gasteiger partial charge < -0.3 is 5.11 Å². The average molecular weight is 195 g/mol. The molecule has 1 aliphatic rings. The Labute approximate surface area is 84.7 Å². The van der Waals surface area contributed by atoms with Crippen molar-refractivity contribution >= 4 is 5.97 Å². The van der Waals surface area contributed by atoms with Gasteiger partial charge in [0.2, 0.25) is 0 Å². The fraction of sp³-hybridized carbons (Fsp3) is 0.818. The largest absolute Gasteiger partial charge is 0.481 e. The van der Waals surface area contributed by atoms with Crippen molar-refractivity contribution in [3.63, 3.8) is 0 Å². The lowest BCUT2D eigenvalue weighted by molar-refractivity contribution is -0.144. The highest BCUT2D eigenvalue weighted by atomic mass is 16.4. The normalized spacial score (nSPS) is 34.5. The minimum atomic E-state index is -0.774. The Morgan fingerprint density at radius 1 is 1.57 bits per heavy atom. The summed E-state index contributed by atoms with van der Waals surface area (Å²) in [4.78, 5) is 10.9. The van der Waals surface area contributed by atoms with Gasteiger partial charge in [-0.15, -0.1) is 0 Å².